The molecule has 0 aliphatic carbocycles. The van der Waals surface area contributed by atoms with Crippen molar-refractivity contribution in [2.24, 2.45) is 5.92 Å². The molecule has 154 valence electrons. The van der Waals surface area contributed by atoms with E-state index in [9.17, 15) is 9.59 Å². The van der Waals surface area contributed by atoms with Gasteiger partial charge in [-0.2, -0.15) is 0 Å². The average molecular weight is 407 g/mol. The molecule has 2 saturated heterocycles. The summed E-state index contributed by atoms with van der Waals surface area (Å²) in [4.78, 5) is 28.8. The minimum absolute atomic E-state index is 0.0287. The van der Waals surface area contributed by atoms with E-state index in [1.54, 1.807) is 13.0 Å². The third-order valence-electron chi connectivity index (χ3n) is 5.94. The molecule has 0 bridgehead atoms. The standard InChI is InChI=1S/C22H31ClN2O3/c1-16-15-19(23)6-7-20(16)28-17(2)22(27)25-13-9-18(10-14-25)5-8-21(26)24-11-3-4-12-24/h6-7,15,17-18H,3-5,8-14H2,1-2H3/t17-/m1/s1. The number of piperidine rings is 1. The molecule has 5 nitrogen and oxygen atoms in total. The smallest absolute Gasteiger partial charge is 0.263 e. The monoisotopic (exact) mass is 406 g/mol. The number of amides is 2. The normalized spacial score (nSPS) is 19.0. The Kier molecular flexibility index (Phi) is 7.22. The summed E-state index contributed by atoms with van der Waals surface area (Å²) in [5.74, 6) is 1.56. The van der Waals surface area contributed by atoms with Gasteiger partial charge in [-0.05, 0) is 75.6 Å². The number of benzene rings is 1. The molecular formula is C22H31ClN2O3. The molecule has 3 rings (SSSR count). The molecule has 1 aromatic rings. The fourth-order valence-electron chi connectivity index (χ4n) is 4.14. The zero-order valence-corrected chi connectivity index (χ0v) is 17.7. The minimum atomic E-state index is -0.520. The maximum atomic E-state index is 12.7. The van der Waals surface area contributed by atoms with Gasteiger partial charge in [-0.25, -0.2) is 0 Å². The second-order valence-electron chi connectivity index (χ2n) is 8.07. The molecule has 1 atom stereocenters. The summed E-state index contributed by atoms with van der Waals surface area (Å²) in [6.45, 7) is 7.07. The number of halogens is 1. The van der Waals surface area contributed by atoms with Crippen LogP contribution in [0, 0.1) is 12.8 Å². The van der Waals surface area contributed by atoms with Gasteiger partial charge in [0.25, 0.3) is 5.91 Å². The highest BCUT2D eigenvalue weighted by Gasteiger charge is 2.28. The number of carbonyl (C=O) groups excluding carboxylic acids is 2. The third kappa shape index (κ3) is 5.40. The molecule has 2 heterocycles. The van der Waals surface area contributed by atoms with Crippen molar-refractivity contribution in [3.63, 3.8) is 0 Å². The quantitative estimate of drug-likeness (QED) is 0.715. The van der Waals surface area contributed by atoms with E-state index < -0.39 is 6.10 Å². The number of likely N-dealkylation sites (tertiary alicyclic amines) is 2. The summed E-state index contributed by atoms with van der Waals surface area (Å²) < 4.78 is 5.88. The Bertz CT molecular complexity index is 695. The summed E-state index contributed by atoms with van der Waals surface area (Å²) >= 11 is 5.98. The summed E-state index contributed by atoms with van der Waals surface area (Å²) in [7, 11) is 0. The van der Waals surface area contributed by atoms with Crippen LogP contribution in [0.1, 0.15) is 51.0 Å². The number of ether oxygens (including phenoxy) is 1. The molecule has 0 aromatic heterocycles. The van der Waals surface area contributed by atoms with Gasteiger partial charge in [-0.1, -0.05) is 11.6 Å². The Balaban J connectivity index is 1.42. The van der Waals surface area contributed by atoms with E-state index in [0.29, 0.717) is 29.0 Å². The van der Waals surface area contributed by atoms with E-state index >= 15 is 0 Å². The lowest BCUT2D eigenvalue weighted by Gasteiger charge is -2.33. The second kappa shape index (κ2) is 9.64. The molecule has 2 amide bonds. The van der Waals surface area contributed by atoms with Crippen molar-refractivity contribution in [2.75, 3.05) is 26.2 Å². The van der Waals surface area contributed by atoms with Crippen molar-refractivity contribution in [2.45, 2.75) is 58.5 Å². The molecule has 2 fully saturated rings. The molecule has 0 N–H and O–H groups in total. The molecule has 6 heteroatoms. The Hall–Kier alpha value is -1.75. The van der Waals surface area contributed by atoms with E-state index in [0.717, 1.165) is 63.8 Å². The first-order chi connectivity index (χ1) is 13.4. The Labute approximate surface area is 173 Å². The zero-order valence-electron chi connectivity index (χ0n) is 17.0. The van der Waals surface area contributed by atoms with Crippen LogP contribution in [-0.2, 0) is 9.59 Å². The molecule has 0 saturated carbocycles. The molecule has 2 aliphatic heterocycles. The van der Waals surface area contributed by atoms with Gasteiger partial charge in [0.15, 0.2) is 6.10 Å². The van der Waals surface area contributed by atoms with Crippen LogP contribution in [0.4, 0.5) is 0 Å². The maximum absolute atomic E-state index is 12.7. The molecule has 0 radical (unpaired) electrons. The van der Waals surface area contributed by atoms with Gasteiger partial charge >= 0.3 is 0 Å². The molecule has 1 aromatic carbocycles. The van der Waals surface area contributed by atoms with E-state index in [-0.39, 0.29) is 5.91 Å². The molecule has 28 heavy (non-hydrogen) atoms. The van der Waals surface area contributed by atoms with Crippen molar-refractivity contribution < 1.29 is 14.3 Å². The predicted molar refractivity (Wildman–Crippen MR) is 111 cm³/mol. The van der Waals surface area contributed by atoms with Crippen LogP contribution < -0.4 is 4.74 Å². The van der Waals surface area contributed by atoms with Gasteiger partial charge in [0.2, 0.25) is 5.91 Å². The highest BCUT2D eigenvalue weighted by atomic mass is 35.5. The number of carbonyl (C=O) groups is 2. The van der Waals surface area contributed by atoms with Gasteiger partial charge < -0.3 is 14.5 Å². The maximum Gasteiger partial charge on any atom is 0.263 e. The Morgan fingerprint density at radius 1 is 1.14 bits per heavy atom. The highest BCUT2D eigenvalue weighted by molar-refractivity contribution is 6.30. The molecular weight excluding hydrogens is 376 g/mol. The van der Waals surface area contributed by atoms with Gasteiger partial charge in [-0.3, -0.25) is 9.59 Å². The van der Waals surface area contributed by atoms with E-state index in [4.69, 9.17) is 16.3 Å². The van der Waals surface area contributed by atoms with Crippen molar-refractivity contribution in [3.8, 4) is 5.75 Å². The van der Waals surface area contributed by atoms with Gasteiger partial charge in [0.05, 0.1) is 0 Å². The first-order valence-corrected chi connectivity index (χ1v) is 10.8. The van der Waals surface area contributed by atoms with Crippen LogP contribution in [0.15, 0.2) is 18.2 Å². The SMILES string of the molecule is Cc1cc(Cl)ccc1O[C@H](C)C(=O)N1CCC(CCC(=O)N2CCCC2)CC1. The Morgan fingerprint density at radius 2 is 1.82 bits per heavy atom. The summed E-state index contributed by atoms with van der Waals surface area (Å²) in [5, 5.41) is 0.661. The average Bonchev–Trinajstić information content (AvgIpc) is 3.23. The molecule has 0 unspecified atom stereocenters. The van der Waals surface area contributed by atoms with E-state index in [1.807, 2.05) is 28.9 Å². The lowest BCUT2D eigenvalue weighted by atomic mass is 9.91. The Morgan fingerprint density at radius 3 is 2.46 bits per heavy atom. The van der Waals surface area contributed by atoms with Crippen molar-refractivity contribution in [1.29, 1.82) is 0 Å². The third-order valence-corrected chi connectivity index (χ3v) is 6.18. The van der Waals surface area contributed by atoms with Crippen molar-refractivity contribution in [3.05, 3.63) is 28.8 Å². The molecule has 2 aliphatic rings. The van der Waals surface area contributed by atoms with Crippen LogP contribution >= 0.6 is 11.6 Å². The second-order valence-corrected chi connectivity index (χ2v) is 8.50. The van der Waals surface area contributed by atoms with E-state index in [1.165, 1.54) is 0 Å². The first-order valence-electron chi connectivity index (χ1n) is 10.4. The predicted octanol–water partition coefficient (Wildman–Crippen LogP) is 4.06. The number of hydrogen-bond acceptors (Lipinski definition) is 3. The summed E-state index contributed by atoms with van der Waals surface area (Å²) in [6.07, 6.45) is 5.27. The van der Waals surface area contributed by atoms with Crippen LogP contribution in [0.2, 0.25) is 5.02 Å². The van der Waals surface area contributed by atoms with Crippen LogP contribution in [-0.4, -0.2) is 53.9 Å². The number of aryl methyl sites for hydroxylation is 1. The topological polar surface area (TPSA) is 49.9 Å². The van der Waals surface area contributed by atoms with Gasteiger partial charge in [0, 0.05) is 37.6 Å². The highest BCUT2D eigenvalue weighted by Crippen LogP contribution is 2.26. The fourth-order valence-corrected chi connectivity index (χ4v) is 4.36. The largest absolute Gasteiger partial charge is 0.481 e. The number of hydrogen-bond donors (Lipinski definition) is 0. The van der Waals surface area contributed by atoms with Crippen molar-refractivity contribution in [1.82, 2.24) is 9.80 Å². The number of nitrogens with zero attached hydrogens (tertiary/aromatic N) is 2. The fraction of sp³-hybridized carbons (Fsp3) is 0.636. The van der Waals surface area contributed by atoms with Crippen LogP contribution in [0.25, 0.3) is 0 Å². The number of rotatable bonds is 6. The lowest BCUT2D eigenvalue weighted by Crippen LogP contribution is -2.45. The summed E-state index contributed by atoms with van der Waals surface area (Å²) in [6, 6.07) is 5.42. The van der Waals surface area contributed by atoms with Crippen LogP contribution in [0.3, 0.4) is 0 Å². The van der Waals surface area contributed by atoms with E-state index in [2.05, 4.69) is 0 Å². The van der Waals surface area contributed by atoms with Crippen molar-refractivity contribution >= 4 is 23.4 Å². The van der Waals surface area contributed by atoms with Crippen LogP contribution in [0.5, 0.6) is 5.75 Å². The molecule has 0 spiro atoms. The lowest BCUT2D eigenvalue weighted by molar-refractivity contribution is -0.139. The first kappa shape index (κ1) is 21.0. The van der Waals surface area contributed by atoms with Gasteiger partial charge in [-0.15, -0.1) is 0 Å². The zero-order chi connectivity index (χ0) is 20.1. The minimum Gasteiger partial charge on any atom is -0.481 e. The summed E-state index contributed by atoms with van der Waals surface area (Å²) in [5.41, 5.74) is 0.925. The van der Waals surface area contributed by atoms with Gasteiger partial charge in [0.1, 0.15) is 5.75 Å².